The summed E-state index contributed by atoms with van der Waals surface area (Å²) in [6.45, 7) is 5.52. The van der Waals surface area contributed by atoms with Crippen LogP contribution in [0.15, 0.2) is 11.6 Å². The van der Waals surface area contributed by atoms with Crippen molar-refractivity contribution in [3.63, 3.8) is 0 Å². The predicted molar refractivity (Wildman–Crippen MR) is 42.9 cm³/mol. The molecule has 0 aliphatic heterocycles. The topological polar surface area (TPSA) is 37.4 Å². The van der Waals surface area contributed by atoms with Gasteiger partial charge in [-0.05, 0) is 13.8 Å². The van der Waals surface area contributed by atoms with E-state index < -0.39 is 0 Å². The van der Waals surface area contributed by atoms with Gasteiger partial charge in [-0.25, -0.2) is 0 Å². The van der Waals surface area contributed by atoms with E-state index in [2.05, 4.69) is 0 Å². The molecule has 0 saturated carbocycles. The van der Waals surface area contributed by atoms with Gasteiger partial charge in [0, 0.05) is 13.5 Å². The van der Waals surface area contributed by atoms with Crippen molar-refractivity contribution in [2.24, 2.45) is 0 Å². The van der Waals surface area contributed by atoms with Gasteiger partial charge in [0.15, 0.2) is 0 Å². The predicted octanol–water partition coefficient (Wildman–Crippen LogP) is 0.958. The number of rotatable bonds is 3. The maximum atomic E-state index is 10.7. The maximum absolute atomic E-state index is 10.7. The lowest BCUT2D eigenvalue weighted by Crippen LogP contribution is -2.28. The van der Waals surface area contributed by atoms with Crippen LogP contribution in [0.4, 0.5) is 0 Å². The second-order valence-electron chi connectivity index (χ2n) is 2.39. The van der Waals surface area contributed by atoms with Gasteiger partial charge in [-0.15, -0.1) is 0 Å². The van der Waals surface area contributed by atoms with Crippen molar-refractivity contribution in [3.05, 3.63) is 11.6 Å². The van der Waals surface area contributed by atoms with Crippen molar-refractivity contribution >= 4 is 12.3 Å². The average molecular weight is 155 g/mol. The number of amides is 2. The molecule has 62 valence electrons. The molecule has 0 aromatic carbocycles. The van der Waals surface area contributed by atoms with Gasteiger partial charge in [0.2, 0.25) is 12.3 Å². The maximum Gasteiger partial charge on any atom is 0.226 e. The molecular formula is C8H13NO2. The summed E-state index contributed by atoms with van der Waals surface area (Å²) in [5, 5.41) is 0. The van der Waals surface area contributed by atoms with E-state index in [1.54, 1.807) is 0 Å². The lowest BCUT2D eigenvalue weighted by molar-refractivity contribution is -0.135. The van der Waals surface area contributed by atoms with E-state index in [4.69, 9.17) is 0 Å². The Morgan fingerprint density at radius 2 is 2.00 bits per heavy atom. The van der Waals surface area contributed by atoms with Crippen LogP contribution in [0, 0.1) is 0 Å². The molecule has 2 amide bonds. The molecule has 3 heteroatoms. The zero-order chi connectivity index (χ0) is 8.85. The van der Waals surface area contributed by atoms with Gasteiger partial charge in [0.25, 0.3) is 0 Å². The van der Waals surface area contributed by atoms with E-state index in [1.165, 1.54) is 6.92 Å². The fourth-order valence-corrected chi connectivity index (χ4v) is 0.583. The highest BCUT2D eigenvalue weighted by Crippen LogP contribution is 1.95. The highest BCUT2D eigenvalue weighted by atomic mass is 16.2. The largest absolute Gasteiger partial charge is 0.281 e. The van der Waals surface area contributed by atoms with Crippen molar-refractivity contribution in [2.75, 3.05) is 6.54 Å². The monoisotopic (exact) mass is 155 g/mol. The summed E-state index contributed by atoms with van der Waals surface area (Å²) < 4.78 is 0. The highest BCUT2D eigenvalue weighted by molar-refractivity contribution is 5.84. The second kappa shape index (κ2) is 4.66. The number of nitrogens with zero attached hydrogens (tertiary/aromatic N) is 1. The van der Waals surface area contributed by atoms with E-state index in [9.17, 15) is 9.59 Å². The summed E-state index contributed by atoms with van der Waals surface area (Å²) in [4.78, 5) is 22.1. The molecule has 0 aromatic heterocycles. The number of hydrogen-bond acceptors (Lipinski definition) is 2. The third-order valence-corrected chi connectivity index (χ3v) is 1.44. The van der Waals surface area contributed by atoms with Crippen LogP contribution in [0.3, 0.4) is 0 Å². The molecule has 0 spiro atoms. The second-order valence-corrected chi connectivity index (χ2v) is 2.39. The van der Waals surface area contributed by atoms with Crippen molar-refractivity contribution in [3.8, 4) is 0 Å². The quantitative estimate of drug-likeness (QED) is 0.449. The van der Waals surface area contributed by atoms with Crippen LogP contribution in [-0.4, -0.2) is 23.8 Å². The normalized spacial score (nSPS) is 11.0. The highest BCUT2D eigenvalue weighted by Gasteiger charge is 2.05. The van der Waals surface area contributed by atoms with Gasteiger partial charge >= 0.3 is 0 Å². The Kier molecular flexibility index (Phi) is 4.18. The van der Waals surface area contributed by atoms with E-state index in [1.807, 2.05) is 19.9 Å². The molecule has 0 aromatic rings. The first-order valence-electron chi connectivity index (χ1n) is 3.46. The lowest BCUT2D eigenvalue weighted by atomic mass is 10.3. The van der Waals surface area contributed by atoms with Crippen molar-refractivity contribution in [1.29, 1.82) is 0 Å². The minimum Gasteiger partial charge on any atom is -0.281 e. The summed E-state index contributed by atoms with van der Waals surface area (Å²) in [6, 6.07) is 0. The molecule has 0 aliphatic rings. The Hall–Kier alpha value is -1.12. The zero-order valence-electron chi connectivity index (χ0n) is 7.13. The third-order valence-electron chi connectivity index (χ3n) is 1.44. The van der Waals surface area contributed by atoms with E-state index in [0.29, 0.717) is 13.0 Å². The van der Waals surface area contributed by atoms with E-state index in [0.717, 1.165) is 10.5 Å². The smallest absolute Gasteiger partial charge is 0.226 e. The van der Waals surface area contributed by atoms with Gasteiger partial charge in [-0.2, -0.15) is 0 Å². The zero-order valence-corrected chi connectivity index (χ0v) is 7.13. The summed E-state index contributed by atoms with van der Waals surface area (Å²) >= 11 is 0. The lowest BCUT2D eigenvalue weighted by Gasteiger charge is -2.12. The van der Waals surface area contributed by atoms with E-state index in [-0.39, 0.29) is 5.91 Å². The van der Waals surface area contributed by atoms with Gasteiger partial charge < -0.3 is 0 Å². The molecule has 0 atom stereocenters. The first kappa shape index (κ1) is 9.88. The minimum atomic E-state index is -0.221. The number of allylic oxidation sites excluding steroid dienone is 1. The molecule has 0 aliphatic carbocycles. The molecule has 3 nitrogen and oxygen atoms in total. The van der Waals surface area contributed by atoms with Gasteiger partial charge in [0.1, 0.15) is 0 Å². The van der Waals surface area contributed by atoms with Crippen LogP contribution in [-0.2, 0) is 9.59 Å². The Morgan fingerprint density at radius 1 is 1.45 bits per heavy atom. The summed E-state index contributed by atoms with van der Waals surface area (Å²) in [5.74, 6) is -0.221. The van der Waals surface area contributed by atoms with Gasteiger partial charge in [-0.3, -0.25) is 14.5 Å². The fourth-order valence-electron chi connectivity index (χ4n) is 0.583. The van der Waals surface area contributed by atoms with Crippen LogP contribution in [0.5, 0.6) is 0 Å². The summed E-state index contributed by atoms with van der Waals surface area (Å²) in [7, 11) is 0. The molecule has 0 radical (unpaired) electrons. The van der Waals surface area contributed by atoms with Gasteiger partial charge in [-0.1, -0.05) is 11.6 Å². The number of imide groups is 1. The van der Waals surface area contributed by atoms with Crippen LogP contribution >= 0.6 is 0 Å². The minimum absolute atomic E-state index is 0.221. The molecule has 0 bridgehead atoms. The standard InChI is InChI=1S/C8H13NO2/c1-4-7(2)5-9(6-10)8(3)11/h4,6H,5H2,1-3H3/b7-4+. The van der Waals surface area contributed by atoms with Crippen LogP contribution in [0.25, 0.3) is 0 Å². The fraction of sp³-hybridized carbons (Fsp3) is 0.500. The number of carbonyl (C=O) groups excluding carboxylic acids is 2. The molecular weight excluding hydrogens is 142 g/mol. The number of carbonyl (C=O) groups is 2. The molecule has 0 fully saturated rings. The Bertz CT molecular complexity index is 185. The average Bonchev–Trinajstić information content (AvgIpc) is 1.99. The summed E-state index contributed by atoms with van der Waals surface area (Å²) in [6.07, 6.45) is 2.43. The van der Waals surface area contributed by atoms with Crippen LogP contribution in [0.1, 0.15) is 20.8 Å². The van der Waals surface area contributed by atoms with Crippen LogP contribution in [0.2, 0.25) is 0 Å². The SMILES string of the molecule is C/C=C(\C)CN(C=O)C(C)=O. The molecule has 0 rings (SSSR count). The van der Waals surface area contributed by atoms with Crippen LogP contribution < -0.4 is 0 Å². The summed E-state index contributed by atoms with van der Waals surface area (Å²) in [5.41, 5.74) is 1.01. The first-order chi connectivity index (χ1) is 5.11. The Morgan fingerprint density at radius 3 is 2.27 bits per heavy atom. The van der Waals surface area contributed by atoms with Gasteiger partial charge in [0.05, 0.1) is 0 Å². The number of hydrogen-bond donors (Lipinski definition) is 0. The first-order valence-corrected chi connectivity index (χ1v) is 3.46. The Balaban J connectivity index is 4.09. The third kappa shape index (κ3) is 3.55. The van der Waals surface area contributed by atoms with Crippen molar-refractivity contribution in [2.45, 2.75) is 20.8 Å². The van der Waals surface area contributed by atoms with E-state index >= 15 is 0 Å². The molecule has 0 saturated heterocycles. The molecule has 11 heavy (non-hydrogen) atoms. The molecule has 0 unspecified atom stereocenters. The molecule has 0 heterocycles. The molecule has 0 N–H and O–H groups in total. The Labute approximate surface area is 66.7 Å². The van der Waals surface area contributed by atoms with Crippen molar-refractivity contribution in [1.82, 2.24) is 4.90 Å². The van der Waals surface area contributed by atoms with Crippen molar-refractivity contribution < 1.29 is 9.59 Å².